The predicted octanol–water partition coefficient (Wildman–Crippen LogP) is 4.76. The summed E-state index contributed by atoms with van der Waals surface area (Å²) >= 11 is 0. The molecule has 4 aliphatic carbocycles. The van der Waals surface area contributed by atoms with Crippen molar-refractivity contribution in [3.8, 4) is 0 Å². The van der Waals surface area contributed by atoms with E-state index in [1.807, 2.05) is 0 Å². The van der Waals surface area contributed by atoms with Crippen molar-refractivity contribution in [2.45, 2.75) is 78.2 Å². The second-order valence-electron chi connectivity index (χ2n) is 9.41. The third-order valence-corrected chi connectivity index (χ3v) is 6.93. The number of hydrogen-bond acceptors (Lipinski definition) is 2. The zero-order valence-electron chi connectivity index (χ0n) is 16.3. The summed E-state index contributed by atoms with van der Waals surface area (Å²) in [4.78, 5) is 0. The minimum Gasteiger partial charge on any atom is -0.315 e. The average Bonchev–Trinajstić information content (AvgIpc) is 2.51. The predicted molar refractivity (Wildman–Crippen MR) is 104 cm³/mol. The molecule has 4 saturated carbocycles. The lowest BCUT2D eigenvalue weighted by molar-refractivity contribution is -0.0133. The van der Waals surface area contributed by atoms with E-state index in [1.54, 1.807) is 6.42 Å². The maximum atomic E-state index is 3.93. The molecule has 0 aromatic carbocycles. The first-order valence-corrected chi connectivity index (χ1v) is 10.7. The maximum absolute atomic E-state index is 3.93. The Bertz CT molecular complexity index is 382. The Kier molecular flexibility index (Phi) is 6.80. The van der Waals surface area contributed by atoms with Gasteiger partial charge in [-0.25, -0.2) is 0 Å². The molecule has 1 atom stereocenters. The Morgan fingerprint density at radius 3 is 2.21 bits per heavy atom. The first kappa shape index (κ1) is 18.5. The van der Waals surface area contributed by atoms with Crippen molar-refractivity contribution in [3.05, 3.63) is 11.6 Å². The van der Waals surface area contributed by atoms with Gasteiger partial charge in [0.15, 0.2) is 0 Å². The molecule has 2 N–H and O–H groups in total. The maximum Gasteiger partial charge on any atom is 0.0124 e. The van der Waals surface area contributed by atoms with E-state index in [9.17, 15) is 0 Å². The molecule has 0 aromatic heterocycles. The van der Waals surface area contributed by atoms with Crippen LogP contribution in [0.2, 0.25) is 0 Å². The van der Waals surface area contributed by atoms with Crippen LogP contribution in [0.3, 0.4) is 0 Å². The van der Waals surface area contributed by atoms with Gasteiger partial charge in [0.2, 0.25) is 0 Å². The van der Waals surface area contributed by atoms with Crippen LogP contribution in [0.25, 0.3) is 0 Å². The van der Waals surface area contributed by atoms with Crippen LogP contribution in [0.5, 0.6) is 0 Å². The number of nitrogens with one attached hydrogen (secondary N) is 2. The zero-order valence-corrected chi connectivity index (χ0v) is 16.3. The van der Waals surface area contributed by atoms with E-state index in [-0.39, 0.29) is 0 Å². The average molecular weight is 333 g/mol. The topological polar surface area (TPSA) is 24.1 Å². The van der Waals surface area contributed by atoms with Gasteiger partial charge >= 0.3 is 0 Å². The zero-order chi connectivity index (χ0) is 16.9. The van der Waals surface area contributed by atoms with Gasteiger partial charge in [-0.15, -0.1) is 0 Å². The quantitative estimate of drug-likeness (QED) is 0.445. The van der Waals surface area contributed by atoms with Crippen molar-refractivity contribution in [3.63, 3.8) is 0 Å². The fourth-order valence-corrected chi connectivity index (χ4v) is 5.86. The molecular weight excluding hydrogens is 292 g/mol. The molecule has 0 spiro atoms. The largest absolute Gasteiger partial charge is 0.315 e. The van der Waals surface area contributed by atoms with Gasteiger partial charge in [-0.1, -0.05) is 18.6 Å². The van der Waals surface area contributed by atoms with Crippen LogP contribution in [0.15, 0.2) is 11.6 Å². The molecule has 4 fully saturated rings. The molecule has 0 aliphatic heterocycles. The van der Waals surface area contributed by atoms with E-state index in [1.165, 1.54) is 63.6 Å². The van der Waals surface area contributed by atoms with E-state index in [0.717, 1.165) is 42.2 Å². The highest BCUT2D eigenvalue weighted by Crippen LogP contribution is 2.53. The summed E-state index contributed by atoms with van der Waals surface area (Å²) in [6.45, 7) is 10.3. The van der Waals surface area contributed by atoms with Crippen molar-refractivity contribution < 1.29 is 0 Å². The summed E-state index contributed by atoms with van der Waals surface area (Å²) in [7, 11) is 0. The monoisotopic (exact) mass is 332 g/mol. The van der Waals surface area contributed by atoms with E-state index in [2.05, 4.69) is 37.5 Å². The Morgan fingerprint density at radius 2 is 1.58 bits per heavy atom. The Balaban J connectivity index is 1.23. The summed E-state index contributed by atoms with van der Waals surface area (Å²) in [5, 5.41) is 7.59. The summed E-state index contributed by atoms with van der Waals surface area (Å²) in [5.74, 6) is 5.05. The van der Waals surface area contributed by atoms with Gasteiger partial charge in [0, 0.05) is 19.1 Å². The summed E-state index contributed by atoms with van der Waals surface area (Å²) in [6.07, 6.45) is 13.9. The van der Waals surface area contributed by atoms with Gasteiger partial charge in [0.25, 0.3) is 0 Å². The van der Waals surface area contributed by atoms with Crippen LogP contribution in [-0.2, 0) is 0 Å². The number of hydrogen-bond donors (Lipinski definition) is 2. The first-order valence-electron chi connectivity index (χ1n) is 10.7. The van der Waals surface area contributed by atoms with Gasteiger partial charge in [-0.3, -0.25) is 0 Å². The van der Waals surface area contributed by atoms with Crippen LogP contribution in [0.4, 0.5) is 0 Å². The van der Waals surface area contributed by atoms with E-state index in [0.29, 0.717) is 0 Å². The van der Waals surface area contributed by atoms with Crippen LogP contribution in [0.1, 0.15) is 72.1 Å². The fourth-order valence-electron chi connectivity index (χ4n) is 5.86. The molecule has 4 aliphatic rings. The molecule has 0 radical (unpaired) electrons. The smallest absolute Gasteiger partial charge is 0.0124 e. The van der Waals surface area contributed by atoms with Crippen molar-refractivity contribution in [1.29, 1.82) is 0 Å². The normalized spacial score (nSPS) is 35.2. The van der Waals surface area contributed by atoms with Gasteiger partial charge in [0.05, 0.1) is 0 Å². The minimum absolute atomic E-state index is 0.838. The standard InChI is InChI=1S/C22H40N2/c1-16(2)5-4-6-17(3)7-8-23-9-10-24-22-20-12-18-11-19(14-20)15-21(22)13-18/h5,17-24H,4,6-15H2,1-3H3. The molecule has 1 unspecified atom stereocenters. The van der Waals surface area contributed by atoms with Crippen molar-refractivity contribution in [1.82, 2.24) is 10.6 Å². The lowest BCUT2D eigenvalue weighted by atomic mass is 9.54. The van der Waals surface area contributed by atoms with Crippen LogP contribution in [0, 0.1) is 29.6 Å². The van der Waals surface area contributed by atoms with Crippen LogP contribution < -0.4 is 10.6 Å². The Labute approximate surface area is 150 Å². The van der Waals surface area contributed by atoms with Crippen LogP contribution >= 0.6 is 0 Å². The Hall–Kier alpha value is -0.340. The van der Waals surface area contributed by atoms with Gasteiger partial charge < -0.3 is 10.6 Å². The van der Waals surface area contributed by atoms with Gasteiger partial charge in [-0.2, -0.15) is 0 Å². The summed E-state index contributed by atoms with van der Waals surface area (Å²) in [6, 6.07) is 0.850. The molecule has 0 saturated heterocycles. The molecule has 4 rings (SSSR count). The van der Waals surface area contributed by atoms with Crippen molar-refractivity contribution in [2.75, 3.05) is 19.6 Å². The fraction of sp³-hybridized carbons (Fsp3) is 0.909. The van der Waals surface area contributed by atoms with Crippen molar-refractivity contribution in [2.24, 2.45) is 29.6 Å². The molecule has 0 aromatic rings. The molecule has 0 amide bonds. The number of allylic oxidation sites excluding steroid dienone is 2. The second-order valence-corrected chi connectivity index (χ2v) is 9.41. The number of rotatable bonds is 10. The molecule has 2 nitrogen and oxygen atoms in total. The molecule has 4 bridgehead atoms. The van der Waals surface area contributed by atoms with Crippen molar-refractivity contribution >= 4 is 0 Å². The lowest BCUT2D eigenvalue weighted by Crippen LogP contribution is -2.55. The highest BCUT2D eigenvalue weighted by Gasteiger charge is 2.47. The second kappa shape index (κ2) is 8.85. The third kappa shape index (κ3) is 5.08. The van der Waals surface area contributed by atoms with E-state index in [4.69, 9.17) is 0 Å². The van der Waals surface area contributed by atoms with E-state index >= 15 is 0 Å². The minimum atomic E-state index is 0.838. The van der Waals surface area contributed by atoms with Crippen LogP contribution in [-0.4, -0.2) is 25.7 Å². The Morgan fingerprint density at radius 1 is 0.917 bits per heavy atom. The summed E-state index contributed by atoms with van der Waals surface area (Å²) < 4.78 is 0. The molecule has 24 heavy (non-hydrogen) atoms. The molecule has 2 heteroatoms. The summed E-state index contributed by atoms with van der Waals surface area (Å²) in [5.41, 5.74) is 1.45. The SMILES string of the molecule is CC(C)=CCCC(C)CCNCCNC1C2CC3CC(C2)CC1C3. The third-order valence-electron chi connectivity index (χ3n) is 6.93. The lowest BCUT2D eigenvalue weighted by Gasteiger charge is -2.54. The molecular formula is C22H40N2. The van der Waals surface area contributed by atoms with Gasteiger partial charge in [-0.05, 0) is 101 Å². The first-order chi connectivity index (χ1) is 11.6. The molecule has 0 heterocycles. The van der Waals surface area contributed by atoms with E-state index < -0.39 is 0 Å². The highest BCUT2D eigenvalue weighted by molar-refractivity contribution is 5.01. The molecule has 138 valence electrons. The highest BCUT2D eigenvalue weighted by atomic mass is 15.0. The van der Waals surface area contributed by atoms with Gasteiger partial charge in [0.1, 0.15) is 0 Å².